The second kappa shape index (κ2) is 12.4. The van der Waals surface area contributed by atoms with Gasteiger partial charge in [-0.1, -0.05) is 0 Å². The average Bonchev–Trinajstić information content (AvgIpc) is 3.51. The summed E-state index contributed by atoms with van der Waals surface area (Å²) in [7, 11) is 0. The van der Waals surface area contributed by atoms with Crippen molar-refractivity contribution < 1.29 is 18.4 Å². The minimum atomic E-state index is -0.0582. The molecule has 2 aliphatic heterocycles. The zero-order chi connectivity index (χ0) is 22.3. The predicted octanol–water partition coefficient (Wildman–Crippen LogP) is 2.60. The average molecular weight is 571 g/mol. The van der Waals surface area contributed by atoms with Crippen LogP contribution < -0.4 is 5.32 Å². The van der Waals surface area contributed by atoms with Crippen LogP contribution in [0.5, 0.6) is 0 Å². The third kappa shape index (κ3) is 6.51. The molecule has 0 bridgehead atoms. The summed E-state index contributed by atoms with van der Waals surface area (Å²) in [5, 5.41) is 3.42. The third-order valence-electron chi connectivity index (χ3n) is 5.92. The lowest BCUT2D eigenvalue weighted by molar-refractivity contribution is 0.0134. The number of piperazine rings is 1. The van der Waals surface area contributed by atoms with E-state index in [1.165, 1.54) is 6.26 Å². The number of aliphatic imine (C=N–C) groups is 1. The Morgan fingerprint density at radius 1 is 1.09 bits per heavy atom. The van der Waals surface area contributed by atoms with Crippen LogP contribution in [0.25, 0.3) is 0 Å². The quantitative estimate of drug-likeness (QED) is 0.324. The Morgan fingerprint density at radius 2 is 1.82 bits per heavy atom. The molecule has 0 saturated carbocycles. The van der Waals surface area contributed by atoms with Gasteiger partial charge in [0.1, 0.15) is 11.5 Å². The monoisotopic (exact) mass is 571 g/mol. The number of furan rings is 2. The second-order valence-electron chi connectivity index (χ2n) is 8.06. The van der Waals surface area contributed by atoms with Crippen molar-refractivity contribution in [2.24, 2.45) is 4.99 Å². The van der Waals surface area contributed by atoms with Gasteiger partial charge in [-0.25, -0.2) is 0 Å². The van der Waals surface area contributed by atoms with Gasteiger partial charge in [-0.3, -0.25) is 14.7 Å². The van der Waals surface area contributed by atoms with E-state index in [0.29, 0.717) is 25.4 Å². The summed E-state index contributed by atoms with van der Waals surface area (Å²) in [5.41, 5.74) is 0. The molecule has 2 aromatic rings. The van der Waals surface area contributed by atoms with Crippen molar-refractivity contribution in [2.45, 2.75) is 19.9 Å². The molecule has 9 nitrogen and oxygen atoms in total. The molecule has 0 spiro atoms. The molecule has 2 aliphatic rings. The van der Waals surface area contributed by atoms with E-state index in [0.717, 1.165) is 63.4 Å². The highest BCUT2D eigenvalue weighted by Crippen LogP contribution is 2.24. The van der Waals surface area contributed by atoms with Crippen LogP contribution in [0.1, 0.15) is 35.0 Å². The van der Waals surface area contributed by atoms with Gasteiger partial charge in [-0.05, 0) is 38.1 Å². The van der Waals surface area contributed by atoms with Crippen molar-refractivity contribution in [1.29, 1.82) is 0 Å². The number of morpholine rings is 1. The Bertz CT molecular complexity index is 887. The van der Waals surface area contributed by atoms with Crippen LogP contribution in [0, 0.1) is 6.92 Å². The molecule has 1 atom stereocenters. The van der Waals surface area contributed by atoms with Crippen molar-refractivity contribution >= 4 is 35.8 Å². The molecule has 2 aromatic heterocycles. The van der Waals surface area contributed by atoms with Gasteiger partial charge in [0.05, 0.1) is 32.1 Å². The molecule has 1 N–H and O–H groups in total. The number of halogens is 1. The number of guanidine groups is 1. The molecule has 4 heterocycles. The predicted molar refractivity (Wildman–Crippen MR) is 136 cm³/mol. The largest absolute Gasteiger partial charge is 0.465 e. The Labute approximate surface area is 212 Å². The zero-order valence-corrected chi connectivity index (χ0v) is 21.7. The number of carbonyl (C=O) groups excluding carboxylic acids is 1. The molecule has 4 rings (SSSR count). The molecule has 33 heavy (non-hydrogen) atoms. The Morgan fingerprint density at radius 3 is 2.42 bits per heavy atom. The van der Waals surface area contributed by atoms with Gasteiger partial charge in [0.2, 0.25) is 0 Å². The molecule has 182 valence electrons. The molecule has 10 heteroatoms. The van der Waals surface area contributed by atoms with E-state index in [1.54, 1.807) is 12.1 Å². The maximum Gasteiger partial charge on any atom is 0.289 e. The smallest absolute Gasteiger partial charge is 0.289 e. The van der Waals surface area contributed by atoms with Crippen LogP contribution >= 0.6 is 24.0 Å². The maximum atomic E-state index is 12.6. The van der Waals surface area contributed by atoms with E-state index in [-0.39, 0.29) is 35.9 Å². The molecule has 1 amide bonds. The van der Waals surface area contributed by atoms with Crippen molar-refractivity contribution in [3.05, 3.63) is 47.8 Å². The number of carbonyl (C=O) groups is 1. The molecule has 0 aromatic carbocycles. The molecule has 2 fully saturated rings. The standard InChI is InChI=1S/C23H33N5O4.HI/c1-3-24-23(28-10-8-27(9-11-28)22(29)21-5-4-14-31-21)25-17-19(20-7-6-18(2)32-20)26-12-15-30-16-13-26;/h4-7,14,19H,3,8-13,15-17H2,1-2H3,(H,24,25);1H. The van der Waals surface area contributed by atoms with E-state index < -0.39 is 0 Å². The minimum absolute atomic E-state index is 0. The van der Waals surface area contributed by atoms with Gasteiger partial charge >= 0.3 is 0 Å². The van der Waals surface area contributed by atoms with Crippen LogP contribution in [0.2, 0.25) is 0 Å². The number of aryl methyl sites for hydroxylation is 1. The maximum absolute atomic E-state index is 12.6. The van der Waals surface area contributed by atoms with Crippen molar-refractivity contribution in [3.8, 4) is 0 Å². The second-order valence-corrected chi connectivity index (χ2v) is 8.06. The summed E-state index contributed by atoms with van der Waals surface area (Å²) in [5.74, 6) is 3.06. The van der Waals surface area contributed by atoms with Crippen molar-refractivity contribution in [3.63, 3.8) is 0 Å². The first-order valence-corrected chi connectivity index (χ1v) is 11.4. The number of amides is 1. The summed E-state index contributed by atoms with van der Waals surface area (Å²) in [4.78, 5) is 24.0. The number of hydrogen-bond acceptors (Lipinski definition) is 6. The Kier molecular flexibility index (Phi) is 9.63. The highest BCUT2D eigenvalue weighted by atomic mass is 127. The Hall–Kier alpha value is -2.05. The Balaban J connectivity index is 0.00000306. The van der Waals surface area contributed by atoms with Crippen molar-refractivity contribution in [2.75, 3.05) is 65.6 Å². The summed E-state index contributed by atoms with van der Waals surface area (Å²) in [6.45, 7) is 11.3. The fourth-order valence-corrected chi connectivity index (χ4v) is 4.18. The first kappa shape index (κ1) is 25.6. The van der Waals surface area contributed by atoms with Gasteiger partial charge in [-0.15, -0.1) is 24.0 Å². The molecular weight excluding hydrogens is 537 g/mol. The van der Waals surface area contributed by atoms with Crippen molar-refractivity contribution in [1.82, 2.24) is 20.0 Å². The number of ether oxygens (including phenoxy) is 1. The van der Waals surface area contributed by atoms with E-state index in [4.69, 9.17) is 18.6 Å². The van der Waals surface area contributed by atoms with Crippen LogP contribution in [-0.4, -0.2) is 92.1 Å². The van der Waals surface area contributed by atoms with Crippen LogP contribution in [0.15, 0.2) is 44.4 Å². The van der Waals surface area contributed by atoms with Gasteiger partial charge < -0.3 is 28.7 Å². The number of rotatable bonds is 6. The summed E-state index contributed by atoms with van der Waals surface area (Å²) in [6, 6.07) is 7.58. The number of hydrogen-bond donors (Lipinski definition) is 1. The normalized spacial score (nSPS) is 18.7. The lowest BCUT2D eigenvalue weighted by Crippen LogP contribution is -2.54. The van der Waals surface area contributed by atoms with Gasteiger partial charge in [0.25, 0.3) is 5.91 Å². The first-order chi connectivity index (χ1) is 15.7. The molecule has 1 unspecified atom stereocenters. The zero-order valence-electron chi connectivity index (χ0n) is 19.4. The van der Waals surface area contributed by atoms with Crippen LogP contribution in [0.3, 0.4) is 0 Å². The van der Waals surface area contributed by atoms with Gasteiger partial charge in [0, 0.05) is 45.8 Å². The fraction of sp³-hybridized carbons (Fsp3) is 0.565. The van der Waals surface area contributed by atoms with Crippen LogP contribution in [0.4, 0.5) is 0 Å². The number of nitrogens with zero attached hydrogens (tertiary/aromatic N) is 4. The molecular formula is C23H34IN5O4. The summed E-state index contributed by atoms with van der Waals surface area (Å²) in [6.07, 6.45) is 1.53. The van der Waals surface area contributed by atoms with E-state index in [1.807, 2.05) is 17.9 Å². The molecule has 0 radical (unpaired) electrons. The van der Waals surface area contributed by atoms with E-state index in [9.17, 15) is 4.79 Å². The topological polar surface area (TPSA) is 86.7 Å². The SMILES string of the molecule is CCNC(=NCC(c1ccc(C)o1)N1CCOCC1)N1CCN(C(=O)c2ccco2)CC1.I. The van der Waals surface area contributed by atoms with E-state index >= 15 is 0 Å². The number of nitrogens with one attached hydrogen (secondary N) is 1. The lowest BCUT2D eigenvalue weighted by Gasteiger charge is -2.37. The highest BCUT2D eigenvalue weighted by Gasteiger charge is 2.27. The summed E-state index contributed by atoms with van der Waals surface area (Å²) < 4.78 is 16.8. The first-order valence-electron chi connectivity index (χ1n) is 11.4. The van der Waals surface area contributed by atoms with Gasteiger partial charge in [0.15, 0.2) is 11.7 Å². The van der Waals surface area contributed by atoms with Crippen LogP contribution in [-0.2, 0) is 4.74 Å². The molecule has 2 saturated heterocycles. The van der Waals surface area contributed by atoms with Gasteiger partial charge in [-0.2, -0.15) is 0 Å². The fourth-order valence-electron chi connectivity index (χ4n) is 4.18. The molecule has 0 aliphatic carbocycles. The summed E-state index contributed by atoms with van der Waals surface area (Å²) >= 11 is 0. The minimum Gasteiger partial charge on any atom is -0.465 e. The highest BCUT2D eigenvalue weighted by molar-refractivity contribution is 14.0. The lowest BCUT2D eigenvalue weighted by atomic mass is 10.1. The third-order valence-corrected chi connectivity index (χ3v) is 5.92. The van der Waals surface area contributed by atoms with E-state index in [2.05, 4.69) is 28.1 Å².